The third-order valence-electron chi connectivity index (χ3n) is 0.250. The van der Waals surface area contributed by atoms with Crippen molar-refractivity contribution in [2.24, 2.45) is 0 Å². The molecule has 0 saturated heterocycles. The molecule has 26 valence electrons. The smallest absolute Gasteiger partial charge is 0.558 e. The second-order valence-corrected chi connectivity index (χ2v) is 1.25. The quantitative estimate of drug-likeness (QED) is 0.268. The molecular weight excluding hydrogens is 73.9 g/mol. The SMILES string of the molecule is CCC[PH-].[Li+]. The van der Waals surface area contributed by atoms with E-state index in [-0.39, 0.29) is 18.9 Å². The monoisotopic (exact) mass is 82.1 g/mol. The molecule has 0 aromatic heterocycles. The summed E-state index contributed by atoms with van der Waals surface area (Å²) in [4.78, 5) is 0. The van der Waals surface area contributed by atoms with E-state index in [2.05, 4.69) is 16.2 Å². The molecule has 5 heavy (non-hydrogen) atoms. The van der Waals surface area contributed by atoms with E-state index in [1.165, 1.54) is 6.42 Å². The summed E-state index contributed by atoms with van der Waals surface area (Å²) in [6, 6.07) is 0. The molecule has 0 aromatic carbocycles. The minimum Gasteiger partial charge on any atom is -0.558 e. The normalized spacial score (nSPS) is 6.00. The zero-order valence-electron chi connectivity index (χ0n) is 3.91. The fourth-order valence-electron chi connectivity index (χ4n) is 0. The van der Waals surface area contributed by atoms with E-state index in [1.807, 2.05) is 0 Å². The van der Waals surface area contributed by atoms with E-state index in [9.17, 15) is 0 Å². The van der Waals surface area contributed by atoms with Gasteiger partial charge in [-0.15, -0.1) is 0 Å². The molecule has 0 radical (unpaired) electrons. The average Bonchev–Trinajstić information content (AvgIpc) is 1.37. The Kier molecular flexibility index (Phi) is 16.7. The molecule has 0 fully saturated rings. The third kappa shape index (κ3) is 11.2. The molecule has 0 rings (SSSR count). The van der Waals surface area contributed by atoms with Gasteiger partial charge in [-0.2, -0.15) is 6.16 Å². The Bertz CT molecular complexity index is 8.85. The van der Waals surface area contributed by atoms with Crippen LogP contribution in [0.25, 0.3) is 0 Å². The first kappa shape index (κ1) is 9.39. The van der Waals surface area contributed by atoms with Gasteiger partial charge in [0, 0.05) is 0 Å². The van der Waals surface area contributed by atoms with Crippen molar-refractivity contribution in [3.05, 3.63) is 0 Å². The van der Waals surface area contributed by atoms with Crippen molar-refractivity contribution in [3.63, 3.8) is 0 Å². The van der Waals surface area contributed by atoms with Gasteiger partial charge in [-0.25, -0.2) is 0 Å². The summed E-state index contributed by atoms with van der Waals surface area (Å²) < 4.78 is 0. The zero-order chi connectivity index (χ0) is 3.41. The van der Waals surface area contributed by atoms with Gasteiger partial charge in [0.15, 0.2) is 0 Å². The van der Waals surface area contributed by atoms with E-state index in [0.717, 1.165) is 6.16 Å². The summed E-state index contributed by atoms with van der Waals surface area (Å²) in [5.74, 6) is 0. The van der Waals surface area contributed by atoms with Gasteiger partial charge >= 0.3 is 18.9 Å². The second-order valence-electron chi connectivity index (χ2n) is 0.750. The first-order chi connectivity index (χ1) is 1.91. The number of rotatable bonds is 1. The minimum atomic E-state index is 0. The van der Waals surface area contributed by atoms with Gasteiger partial charge in [-0.05, 0) is 0 Å². The fraction of sp³-hybridized carbons (Fsp3) is 1.00. The van der Waals surface area contributed by atoms with E-state index in [4.69, 9.17) is 0 Å². The van der Waals surface area contributed by atoms with Crippen molar-refractivity contribution >= 4 is 9.24 Å². The van der Waals surface area contributed by atoms with Gasteiger partial charge in [0.2, 0.25) is 0 Å². The molecule has 0 bridgehead atoms. The molecule has 0 saturated carbocycles. The Morgan fingerprint density at radius 1 is 1.60 bits per heavy atom. The molecule has 0 spiro atoms. The van der Waals surface area contributed by atoms with Crippen LogP contribution < -0.4 is 18.9 Å². The molecular formula is C3H8LiP. The first-order valence-corrected chi connectivity index (χ1v) is 2.27. The summed E-state index contributed by atoms with van der Waals surface area (Å²) in [5.41, 5.74) is 0. The maximum atomic E-state index is 3.29. The van der Waals surface area contributed by atoms with Crippen LogP contribution in [0.3, 0.4) is 0 Å². The van der Waals surface area contributed by atoms with Crippen LogP contribution in [0, 0.1) is 0 Å². The Hall–Kier alpha value is 1.03. The van der Waals surface area contributed by atoms with E-state index >= 15 is 0 Å². The molecule has 0 aliphatic rings. The summed E-state index contributed by atoms with van der Waals surface area (Å²) in [6.45, 7) is 2.13. The maximum Gasteiger partial charge on any atom is 1.00 e. The van der Waals surface area contributed by atoms with E-state index < -0.39 is 0 Å². The fourth-order valence-corrected chi connectivity index (χ4v) is 0. The minimum absolute atomic E-state index is 0. The van der Waals surface area contributed by atoms with Crippen molar-refractivity contribution in [1.82, 2.24) is 0 Å². The molecule has 0 heterocycles. The number of hydrogen-bond donors (Lipinski definition) is 0. The van der Waals surface area contributed by atoms with Gasteiger partial charge < -0.3 is 9.24 Å². The van der Waals surface area contributed by atoms with Crippen LogP contribution in [0.15, 0.2) is 0 Å². The largest absolute Gasteiger partial charge is 1.00 e. The topological polar surface area (TPSA) is 0 Å². The molecule has 0 unspecified atom stereocenters. The van der Waals surface area contributed by atoms with Crippen LogP contribution >= 0.6 is 9.24 Å². The van der Waals surface area contributed by atoms with Crippen LogP contribution in [0.1, 0.15) is 13.3 Å². The van der Waals surface area contributed by atoms with Gasteiger partial charge in [-0.1, -0.05) is 13.3 Å². The van der Waals surface area contributed by atoms with Crippen molar-refractivity contribution in [1.29, 1.82) is 0 Å². The van der Waals surface area contributed by atoms with Gasteiger partial charge in [0.1, 0.15) is 0 Å². The second kappa shape index (κ2) is 8.90. The summed E-state index contributed by atoms with van der Waals surface area (Å²) >= 11 is 0. The van der Waals surface area contributed by atoms with Crippen LogP contribution in [0.5, 0.6) is 0 Å². The average molecular weight is 82.0 g/mol. The molecule has 0 nitrogen and oxygen atoms in total. The van der Waals surface area contributed by atoms with Crippen molar-refractivity contribution < 1.29 is 18.9 Å². The molecule has 0 atom stereocenters. The molecule has 0 aliphatic heterocycles. The molecule has 0 N–H and O–H groups in total. The van der Waals surface area contributed by atoms with Crippen LogP contribution in [0.2, 0.25) is 0 Å². The van der Waals surface area contributed by atoms with Crippen molar-refractivity contribution in [2.75, 3.05) is 6.16 Å². The van der Waals surface area contributed by atoms with Gasteiger partial charge in [0.25, 0.3) is 0 Å². The zero-order valence-corrected chi connectivity index (χ0v) is 4.91. The Balaban J connectivity index is 0. The summed E-state index contributed by atoms with van der Waals surface area (Å²) in [5, 5.41) is 0. The Morgan fingerprint density at radius 2 is 1.80 bits per heavy atom. The molecule has 2 heteroatoms. The number of hydrogen-bond acceptors (Lipinski definition) is 0. The van der Waals surface area contributed by atoms with Crippen LogP contribution in [0.4, 0.5) is 0 Å². The molecule has 0 aromatic rings. The predicted molar refractivity (Wildman–Crippen MR) is 23.5 cm³/mol. The molecule has 0 aliphatic carbocycles. The van der Waals surface area contributed by atoms with Crippen molar-refractivity contribution in [2.45, 2.75) is 13.3 Å². The van der Waals surface area contributed by atoms with Crippen LogP contribution in [-0.2, 0) is 0 Å². The standard InChI is InChI=1S/C3H8P.Li/c1-2-3-4;/h4H,2-3H2,1H3;/q-1;+1. The van der Waals surface area contributed by atoms with Gasteiger partial charge in [-0.3, -0.25) is 0 Å². The Labute approximate surface area is 48.1 Å². The first-order valence-electron chi connectivity index (χ1n) is 1.56. The summed E-state index contributed by atoms with van der Waals surface area (Å²) in [6.07, 6.45) is 2.36. The van der Waals surface area contributed by atoms with Crippen molar-refractivity contribution in [3.8, 4) is 0 Å². The van der Waals surface area contributed by atoms with Gasteiger partial charge in [0.05, 0.1) is 0 Å². The van der Waals surface area contributed by atoms with Crippen LogP contribution in [-0.4, -0.2) is 6.16 Å². The molecule has 0 amide bonds. The third-order valence-corrected chi connectivity index (χ3v) is 0.750. The van der Waals surface area contributed by atoms with E-state index in [0.29, 0.717) is 0 Å². The maximum absolute atomic E-state index is 3.29. The van der Waals surface area contributed by atoms with E-state index in [1.54, 1.807) is 0 Å². The Morgan fingerprint density at radius 3 is 1.80 bits per heavy atom. The predicted octanol–water partition coefficient (Wildman–Crippen LogP) is -1.46. The summed E-state index contributed by atoms with van der Waals surface area (Å²) in [7, 11) is 3.29.